The number of benzene rings is 1. The molecule has 0 spiro atoms. The van der Waals surface area contributed by atoms with Crippen LogP contribution in [0.2, 0.25) is 0 Å². The molecule has 0 unspecified atom stereocenters. The average Bonchev–Trinajstić information content (AvgIpc) is 2.63. The van der Waals surface area contributed by atoms with E-state index in [1.807, 2.05) is 45.3 Å². The van der Waals surface area contributed by atoms with Crippen molar-refractivity contribution in [3.8, 4) is 0 Å². The van der Waals surface area contributed by atoms with E-state index in [2.05, 4.69) is 5.32 Å². The van der Waals surface area contributed by atoms with Gasteiger partial charge in [-0.05, 0) is 63.4 Å². The van der Waals surface area contributed by atoms with E-state index in [1.165, 1.54) is 12.1 Å². The third-order valence-electron chi connectivity index (χ3n) is 4.00. The van der Waals surface area contributed by atoms with Crippen LogP contribution in [0.5, 0.6) is 0 Å². The lowest BCUT2D eigenvalue weighted by molar-refractivity contribution is 0.0933. The van der Waals surface area contributed by atoms with Crippen LogP contribution in [0.3, 0.4) is 0 Å². The number of hydrogen-bond donors (Lipinski definition) is 1. The molecule has 4 heteroatoms. The zero-order valence-electron chi connectivity index (χ0n) is 13.8. The maximum absolute atomic E-state index is 13.4. The van der Waals surface area contributed by atoms with Crippen LogP contribution in [0.4, 0.5) is 4.39 Å². The minimum Gasteiger partial charge on any atom is -0.349 e. The number of aromatic nitrogens is 1. The Labute approximate surface area is 131 Å². The Hall–Kier alpha value is -2.10. The van der Waals surface area contributed by atoms with Crippen molar-refractivity contribution in [3.05, 3.63) is 58.2 Å². The fourth-order valence-electron chi connectivity index (χ4n) is 2.66. The van der Waals surface area contributed by atoms with Crippen molar-refractivity contribution in [2.75, 3.05) is 0 Å². The molecule has 2 rings (SSSR count). The molecule has 1 aromatic carbocycles. The molecule has 0 saturated carbocycles. The van der Waals surface area contributed by atoms with Crippen molar-refractivity contribution < 1.29 is 9.18 Å². The highest BCUT2D eigenvalue weighted by molar-refractivity contribution is 5.95. The van der Waals surface area contributed by atoms with Crippen LogP contribution in [0, 0.1) is 26.6 Å². The van der Waals surface area contributed by atoms with Crippen molar-refractivity contribution >= 4 is 5.91 Å². The highest BCUT2D eigenvalue weighted by Crippen LogP contribution is 2.23. The van der Waals surface area contributed by atoms with Gasteiger partial charge in [0.15, 0.2) is 0 Å². The van der Waals surface area contributed by atoms with Crippen LogP contribution in [0.15, 0.2) is 24.3 Å². The van der Waals surface area contributed by atoms with E-state index in [1.54, 1.807) is 6.07 Å². The minimum absolute atomic E-state index is 0.0741. The maximum atomic E-state index is 13.4. The van der Waals surface area contributed by atoms with E-state index < -0.39 is 0 Å². The van der Waals surface area contributed by atoms with Gasteiger partial charge in [0.05, 0.1) is 0 Å². The first-order valence-corrected chi connectivity index (χ1v) is 7.52. The molecule has 22 heavy (non-hydrogen) atoms. The van der Waals surface area contributed by atoms with Crippen molar-refractivity contribution in [2.24, 2.45) is 0 Å². The summed E-state index contributed by atoms with van der Waals surface area (Å²) < 4.78 is 15.4. The SMILES string of the molecule is Cc1c(C)c(C(=O)NC(C)C)n(Cc2cccc(F)c2)c1C. The molecule has 1 heterocycles. The van der Waals surface area contributed by atoms with E-state index >= 15 is 0 Å². The van der Waals surface area contributed by atoms with Crippen LogP contribution in [0.1, 0.15) is 46.7 Å². The van der Waals surface area contributed by atoms with E-state index in [0.717, 1.165) is 22.4 Å². The second kappa shape index (κ2) is 6.34. The molecule has 118 valence electrons. The minimum atomic E-state index is -0.260. The van der Waals surface area contributed by atoms with Gasteiger partial charge in [0.25, 0.3) is 5.91 Å². The van der Waals surface area contributed by atoms with Crippen molar-refractivity contribution in [1.29, 1.82) is 0 Å². The molecule has 0 atom stereocenters. The third-order valence-corrected chi connectivity index (χ3v) is 4.00. The molecule has 0 saturated heterocycles. The first kappa shape index (κ1) is 16.3. The predicted octanol–water partition coefficient (Wildman–Crippen LogP) is 3.74. The molecule has 0 bridgehead atoms. The molecule has 1 N–H and O–H groups in total. The van der Waals surface area contributed by atoms with E-state index in [0.29, 0.717) is 12.2 Å². The number of rotatable bonds is 4. The van der Waals surface area contributed by atoms with Crippen LogP contribution in [-0.4, -0.2) is 16.5 Å². The van der Waals surface area contributed by atoms with Crippen LogP contribution in [0.25, 0.3) is 0 Å². The van der Waals surface area contributed by atoms with Gasteiger partial charge in [-0.1, -0.05) is 12.1 Å². The summed E-state index contributed by atoms with van der Waals surface area (Å²) in [6, 6.07) is 6.57. The summed E-state index contributed by atoms with van der Waals surface area (Å²) >= 11 is 0. The molecular formula is C18H23FN2O. The number of halogens is 1. The smallest absolute Gasteiger partial charge is 0.268 e. The number of hydrogen-bond acceptors (Lipinski definition) is 1. The summed E-state index contributed by atoms with van der Waals surface area (Å²) in [4.78, 5) is 12.5. The third kappa shape index (κ3) is 3.21. The zero-order valence-corrected chi connectivity index (χ0v) is 13.8. The Kier molecular flexibility index (Phi) is 4.69. The molecule has 0 aliphatic carbocycles. The van der Waals surface area contributed by atoms with Crippen LogP contribution < -0.4 is 5.32 Å². The summed E-state index contributed by atoms with van der Waals surface area (Å²) in [5, 5.41) is 2.94. The first-order valence-electron chi connectivity index (χ1n) is 7.52. The van der Waals surface area contributed by atoms with Gasteiger partial charge in [0.2, 0.25) is 0 Å². The number of carbonyl (C=O) groups excluding carboxylic acids is 1. The Morgan fingerprint density at radius 2 is 1.91 bits per heavy atom. The summed E-state index contributed by atoms with van der Waals surface area (Å²) in [6.45, 7) is 10.3. The monoisotopic (exact) mass is 302 g/mol. The number of carbonyl (C=O) groups is 1. The molecule has 1 amide bonds. The number of amides is 1. The van der Waals surface area contributed by atoms with Crippen LogP contribution in [-0.2, 0) is 6.54 Å². The molecule has 0 fully saturated rings. The molecule has 2 aromatic rings. The maximum Gasteiger partial charge on any atom is 0.268 e. The lowest BCUT2D eigenvalue weighted by Crippen LogP contribution is -2.32. The number of nitrogens with one attached hydrogen (secondary N) is 1. The van der Waals surface area contributed by atoms with Gasteiger partial charge >= 0.3 is 0 Å². The first-order chi connectivity index (χ1) is 10.3. The van der Waals surface area contributed by atoms with Gasteiger partial charge in [-0.3, -0.25) is 4.79 Å². The Morgan fingerprint density at radius 1 is 1.23 bits per heavy atom. The van der Waals surface area contributed by atoms with Gasteiger partial charge in [-0.25, -0.2) is 4.39 Å². The Balaban J connectivity index is 2.46. The Morgan fingerprint density at radius 3 is 2.50 bits per heavy atom. The summed E-state index contributed by atoms with van der Waals surface area (Å²) in [6.07, 6.45) is 0. The van der Waals surface area contributed by atoms with Crippen LogP contribution >= 0.6 is 0 Å². The highest BCUT2D eigenvalue weighted by atomic mass is 19.1. The Bertz CT molecular complexity index is 701. The number of nitrogens with zero attached hydrogens (tertiary/aromatic N) is 1. The second-order valence-electron chi connectivity index (χ2n) is 6.03. The predicted molar refractivity (Wildman–Crippen MR) is 86.7 cm³/mol. The van der Waals surface area contributed by atoms with Gasteiger partial charge < -0.3 is 9.88 Å². The fourth-order valence-corrected chi connectivity index (χ4v) is 2.66. The van der Waals surface area contributed by atoms with E-state index in [4.69, 9.17) is 0 Å². The normalized spacial score (nSPS) is 11.0. The zero-order chi connectivity index (χ0) is 16.4. The lowest BCUT2D eigenvalue weighted by atomic mass is 10.1. The standard InChI is InChI=1S/C18H23FN2O/c1-11(2)20-18(22)17-13(4)12(3)14(5)21(17)10-15-7-6-8-16(19)9-15/h6-9,11H,10H2,1-5H3,(H,20,22). The lowest BCUT2D eigenvalue weighted by Gasteiger charge is -2.14. The highest BCUT2D eigenvalue weighted by Gasteiger charge is 2.21. The quantitative estimate of drug-likeness (QED) is 0.917. The molecule has 0 aliphatic heterocycles. The summed E-state index contributed by atoms with van der Waals surface area (Å²) in [7, 11) is 0. The second-order valence-corrected chi connectivity index (χ2v) is 6.03. The van der Waals surface area contributed by atoms with E-state index in [-0.39, 0.29) is 17.8 Å². The van der Waals surface area contributed by atoms with Crippen molar-refractivity contribution in [3.63, 3.8) is 0 Å². The molecule has 3 nitrogen and oxygen atoms in total. The van der Waals surface area contributed by atoms with Gasteiger partial charge in [0.1, 0.15) is 11.5 Å². The average molecular weight is 302 g/mol. The van der Waals surface area contributed by atoms with Gasteiger partial charge in [-0.2, -0.15) is 0 Å². The molecule has 0 aliphatic rings. The fraction of sp³-hybridized carbons (Fsp3) is 0.389. The topological polar surface area (TPSA) is 34.0 Å². The largest absolute Gasteiger partial charge is 0.349 e. The van der Waals surface area contributed by atoms with Crippen molar-refractivity contribution in [1.82, 2.24) is 9.88 Å². The molecule has 0 radical (unpaired) electrons. The molecule has 1 aromatic heterocycles. The van der Waals surface area contributed by atoms with Gasteiger partial charge in [0, 0.05) is 18.3 Å². The van der Waals surface area contributed by atoms with Crippen molar-refractivity contribution in [2.45, 2.75) is 47.2 Å². The van der Waals surface area contributed by atoms with E-state index in [9.17, 15) is 9.18 Å². The van der Waals surface area contributed by atoms with Gasteiger partial charge in [-0.15, -0.1) is 0 Å². The summed E-state index contributed by atoms with van der Waals surface area (Å²) in [5.41, 5.74) is 4.62. The molecular weight excluding hydrogens is 279 g/mol. The summed E-state index contributed by atoms with van der Waals surface area (Å²) in [5.74, 6) is -0.343.